The number of unbranched alkanes of at least 4 members (excludes halogenated alkanes) is 2. The Morgan fingerprint density at radius 1 is 1.04 bits per heavy atom. The summed E-state index contributed by atoms with van der Waals surface area (Å²) in [5, 5.41) is 0. The monoisotopic (exact) mass is 344 g/mol. The van der Waals surface area contributed by atoms with Crippen LogP contribution in [0, 0.1) is 5.41 Å². The van der Waals surface area contributed by atoms with Crippen molar-refractivity contribution in [3.8, 4) is 0 Å². The van der Waals surface area contributed by atoms with E-state index in [4.69, 9.17) is 0 Å². The molecule has 0 aliphatic rings. The molecule has 0 saturated heterocycles. The predicted octanol–water partition coefficient (Wildman–Crippen LogP) is 7.90. The van der Waals surface area contributed by atoms with Gasteiger partial charge in [0.15, 0.2) is 0 Å². The van der Waals surface area contributed by atoms with Crippen LogP contribution in [0.3, 0.4) is 0 Å². The van der Waals surface area contributed by atoms with Crippen molar-refractivity contribution < 1.29 is 0 Å². The molecule has 0 aromatic heterocycles. The molecule has 0 bridgehead atoms. The summed E-state index contributed by atoms with van der Waals surface area (Å²) in [4.78, 5) is 0. The smallest absolute Gasteiger partial charge is 0.0690 e. The molecular formula is C23H40Si. The Hall–Kier alpha value is -0.823. The average molecular weight is 345 g/mol. The lowest BCUT2D eigenvalue weighted by Crippen LogP contribution is -2.16. The van der Waals surface area contributed by atoms with E-state index < -0.39 is 8.07 Å². The summed E-state index contributed by atoms with van der Waals surface area (Å²) in [7, 11) is -1.18. The van der Waals surface area contributed by atoms with Crippen molar-refractivity contribution in [1.82, 2.24) is 0 Å². The highest BCUT2D eigenvalue weighted by atomic mass is 28.3. The topological polar surface area (TPSA) is 0 Å². The third-order valence-electron chi connectivity index (χ3n) is 4.35. The van der Waals surface area contributed by atoms with Gasteiger partial charge in [-0.2, -0.15) is 0 Å². The van der Waals surface area contributed by atoms with E-state index in [0.717, 1.165) is 0 Å². The van der Waals surface area contributed by atoms with Crippen molar-refractivity contribution >= 4 is 13.6 Å². The van der Waals surface area contributed by atoms with Gasteiger partial charge in [0.05, 0.1) is 8.07 Å². The SMILES string of the molecule is CCCC/C(=C\[Si](C)(C)C)c1cccc(CCCCC(C)(C)C)c1. The summed E-state index contributed by atoms with van der Waals surface area (Å²) in [6.45, 7) is 16.6. The maximum Gasteiger partial charge on any atom is 0.0690 e. The van der Waals surface area contributed by atoms with Crippen molar-refractivity contribution in [2.45, 2.75) is 92.3 Å². The van der Waals surface area contributed by atoms with Gasteiger partial charge in [0.25, 0.3) is 0 Å². The molecule has 1 aromatic carbocycles. The van der Waals surface area contributed by atoms with E-state index in [2.05, 4.69) is 77.3 Å². The molecule has 0 nitrogen and oxygen atoms in total. The molecule has 0 heterocycles. The van der Waals surface area contributed by atoms with Gasteiger partial charge in [0.1, 0.15) is 0 Å². The molecule has 0 atom stereocenters. The standard InChI is InChI=1S/C23H40Si/c1-8-9-15-22(19-24(5,6)7)21-16-12-14-20(18-21)13-10-11-17-23(2,3)4/h12,14,16,18-19H,8-11,13,15,17H2,1-7H3/b22-19+. The zero-order chi connectivity index (χ0) is 18.2. The first-order valence-corrected chi connectivity index (χ1v) is 13.5. The number of aryl methyl sites for hydroxylation is 1. The Kier molecular flexibility index (Phi) is 8.49. The highest BCUT2D eigenvalue weighted by Gasteiger charge is 2.13. The lowest BCUT2D eigenvalue weighted by atomic mass is 9.89. The Labute approximate surface area is 152 Å². The summed E-state index contributed by atoms with van der Waals surface area (Å²) in [5.74, 6) is 0. The van der Waals surface area contributed by atoms with Crippen molar-refractivity contribution in [2.24, 2.45) is 5.41 Å². The van der Waals surface area contributed by atoms with Crippen LogP contribution < -0.4 is 0 Å². The Morgan fingerprint density at radius 2 is 1.75 bits per heavy atom. The molecule has 24 heavy (non-hydrogen) atoms. The van der Waals surface area contributed by atoms with Crippen molar-refractivity contribution in [2.75, 3.05) is 0 Å². The second-order valence-electron chi connectivity index (χ2n) is 9.61. The van der Waals surface area contributed by atoms with Crippen LogP contribution in [0.2, 0.25) is 19.6 Å². The molecule has 0 N–H and O–H groups in total. The summed E-state index contributed by atoms with van der Waals surface area (Å²) >= 11 is 0. The molecular weight excluding hydrogens is 304 g/mol. The molecule has 0 unspecified atom stereocenters. The van der Waals surface area contributed by atoms with Crippen LogP contribution in [0.15, 0.2) is 30.0 Å². The van der Waals surface area contributed by atoms with E-state index in [1.807, 2.05) is 0 Å². The predicted molar refractivity (Wildman–Crippen MR) is 114 cm³/mol. The van der Waals surface area contributed by atoms with E-state index in [9.17, 15) is 0 Å². The largest absolute Gasteiger partial charge is 0.0913 e. The zero-order valence-corrected chi connectivity index (χ0v) is 18.3. The number of allylic oxidation sites excluding steroid dienone is 1. The lowest BCUT2D eigenvalue weighted by Gasteiger charge is -2.18. The first-order valence-electron chi connectivity index (χ1n) is 9.92. The van der Waals surface area contributed by atoms with Gasteiger partial charge in [-0.15, -0.1) is 0 Å². The second kappa shape index (κ2) is 9.61. The Morgan fingerprint density at radius 3 is 2.33 bits per heavy atom. The normalized spacial score (nSPS) is 13.4. The minimum atomic E-state index is -1.18. The Bertz CT molecular complexity index is 512. The minimum Gasteiger partial charge on any atom is -0.0913 e. The average Bonchev–Trinajstić information content (AvgIpc) is 2.46. The highest BCUT2D eigenvalue weighted by molar-refractivity contribution is 6.81. The van der Waals surface area contributed by atoms with Gasteiger partial charge < -0.3 is 0 Å². The van der Waals surface area contributed by atoms with Gasteiger partial charge in [0, 0.05) is 0 Å². The van der Waals surface area contributed by atoms with Gasteiger partial charge in [-0.25, -0.2) is 0 Å². The maximum absolute atomic E-state index is 2.61. The quantitative estimate of drug-likeness (QED) is 0.315. The molecule has 0 amide bonds. The Balaban J connectivity index is 2.78. The lowest BCUT2D eigenvalue weighted by molar-refractivity contribution is 0.360. The van der Waals surface area contributed by atoms with Crippen molar-refractivity contribution in [3.63, 3.8) is 0 Å². The van der Waals surface area contributed by atoms with Gasteiger partial charge >= 0.3 is 0 Å². The third-order valence-corrected chi connectivity index (χ3v) is 5.56. The van der Waals surface area contributed by atoms with Crippen LogP contribution in [0.25, 0.3) is 5.57 Å². The number of benzene rings is 1. The fourth-order valence-electron chi connectivity index (χ4n) is 3.10. The molecule has 0 aliphatic heterocycles. The van der Waals surface area contributed by atoms with E-state index in [-0.39, 0.29) is 0 Å². The summed E-state index contributed by atoms with van der Waals surface area (Å²) in [5.41, 5.74) is 7.66. The molecule has 0 saturated carbocycles. The maximum atomic E-state index is 2.61. The molecule has 136 valence electrons. The highest BCUT2D eigenvalue weighted by Crippen LogP contribution is 2.26. The van der Waals surface area contributed by atoms with Crippen molar-refractivity contribution in [1.29, 1.82) is 0 Å². The van der Waals surface area contributed by atoms with Gasteiger partial charge in [0.2, 0.25) is 0 Å². The van der Waals surface area contributed by atoms with Crippen LogP contribution in [-0.4, -0.2) is 8.07 Å². The van der Waals surface area contributed by atoms with E-state index >= 15 is 0 Å². The zero-order valence-electron chi connectivity index (χ0n) is 17.3. The summed E-state index contributed by atoms with van der Waals surface area (Å²) in [6.07, 6.45) is 8.99. The minimum absolute atomic E-state index is 0.468. The summed E-state index contributed by atoms with van der Waals surface area (Å²) in [6, 6.07) is 9.35. The fraction of sp³-hybridized carbons (Fsp3) is 0.652. The molecule has 0 fully saturated rings. The molecule has 1 rings (SSSR count). The number of hydrogen-bond donors (Lipinski definition) is 0. The molecule has 0 aliphatic carbocycles. The van der Waals surface area contributed by atoms with E-state index in [1.54, 1.807) is 5.57 Å². The van der Waals surface area contributed by atoms with Crippen LogP contribution in [0.5, 0.6) is 0 Å². The molecule has 0 spiro atoms. The van der Waals surface area contributed by atoms with E-state index in [1.165, 1.54) is 56.1 Å². The second-order valence-corrected chi connectivity index (χ2v) is 14.6. The van der Waals surface area contributed by atoms with E-state index in [0.29, 0.717) is 5.41 Å². The first kappa shape index (κ1) is 21.2. The van der Waals surface area contributed by atoms with Gasteiger partial charge in [-0.3, -0.25) is 0 Å². The van der Waals surface area contributed by atoms with Crippen LogP contribution >= 0.6 is 0 Å². The van der Waals surface area contributed by atoms with Crippen LogP contribution in [-0.2, 0) is 6.42 Å². The molecule has 1 heteroatoms. The fourth-order valence-corrected chi connectivity index (χ4v) is 4.46. The van der Waals surface area contributed by atoms with Crippen LogP contribution in [0.4, 0.5) is 0 Å². The molecule has 0 radical (unpaired) electrons. The van der Waals surface area contributed by atoms with Crippen molar-refractivity contribution in [3.05, 3.63) is 41.1 Å². The van der Waals surface area contributed by atoms with Crippen LogP contribution in [0.1, 0.15) is 77.3 Å². The number of rotatable bonds is 9. The first-order chi connectivity index (χ1) is 11.1. The molecule has 1 aromatic rings. The van der Waals surface area contributed by atoms with Gasteiger partial charge in [-0.1, -0.05) is 90.1 Å². The third kappa shape index (κ3) is 9.47. The summed E-state index contributed by atoms with van der Waals surface area (Å²) < 4.78 is 0. The van der Waals surface area contributed by atoms with Gasteiger partial charge in [-0.05, 0) is 54.2 Å². The number of hydrogen-bond acceptors (Lipinski definition) is 0.